The van der Waals surface area contributed by atoms with Crippen molar-refractivity contribution in [2.75, 3.05) is 26.9 Å². The number of carbonyl (C=O) groups is 1. The van der Waals surface area contributed by atoms with Gasteiger partial charge in [-0.1, -0.05) is 6.07 Å². The summed E-state index contributed by atoms with van der Waals surface area (Å²) in [6.45, 7) is -1.88. The molecule has 0 amide bonds. The average molecular weight is 905 g/mol. The number of ether oxygens (including phenoxy) is 7. The molecule has 0 aliphatic carbocycles. The summed E-state index contributed by atoms with van der Waals surface area (Å²) in [7, 11) is 1.36. The minimum Gasteiger partial charge on any atom is -0.507 e. The number of esters is 1. The number of rotatable bonds is 13. The van der Waals surface area contributed by atoms with Crippen LogP contribution in [0.25, 0.3) is 22.3 Å². The summed E-state index contributed by atoms with van der Waals surface area (Å²) < 4.78 is 44.6. The highest BCUT2D eigenvalue weighted by atomic mass is 16.7. The van der Waals surface area contributed by atoms with E-state index in [4.69, 9.17) is 37.6 Å². The first-order chi connectivity index (χ1) is 30.5. The van der Waals surface area contributed by atoms with E-state index in [1.165, 1.54) is 43.5 Å². The molecule has 4 heterocycles. The number of aromatic hydroxyl groups is 3. The zero-order valence-corrected chi connectivity index (χ0v) is 33.8. The Balaban J connectivity index is 1.14. The molecule has 7 rings (SSSR count). The van der Waals surface area contributed by atoms with Gasteiger partial charge in [0.2, 0.25) is 6.29 Å². The third-order valence-corrected chi connectivity index (χ3v) is 11.2. The molecule has 0 saturated carbocycles. The molecule has 64 heavy (non-hydrogen) atoms. The molecule has 1 aromatic heterocycles. The summed E-state index contributed by atoms with van der Waals surface area (Å²) >= 11 is 0. The van der Waals surface area contributed by atoms with Crippen LogP contribution in [0.2, 0.25) is 0 Å². The Labute approximate surface area is 361 Å². The van der Waals surface area contributed by atoms with E-state index >= 15 is 0 Å². The quantitative estimate of drug-likeness (QED) is 0.0641. The van der Waals surface area contributed by atoms with Crippen molar-refractivity contribution in [2.45, 2.75) is 98.7 Å². The minimum absolute atomic E-state index is 0.0623. The molecule has 4 aromatic rings. The van der Waals surface area contributed by atoms with Crippen molar-refractivity contribution in [3.63, 3.8) is 0 Å². The Hall–Kier alpha value is -5.18. The van der Waals surface area contributed by atoms with Gasteiger partial charge in [-0.25, -0.2) is 0 Å². The van der Waals surface area contributed by atoms with Crippen LogP contribution in [-0.2, 0) is 34.9 Å². The second-order valence-corrected chi connectivity index (χ2v) is 15.5. The molecular formula is C42H48O22. The maximum Gasteiger partial charge on any atom is 0.306 e. The molecule has 348 valence electrons. The number of aliphatic hydroxyl groups excluding tert-OH is 9. The Morgan fingerprint density at radius 2 is 1.47 bits per heavy atom. The highest BCUT2D eigenvalue weighted by Gasteiger charge is 2.51. The van der Waals surface area contributed by atoms with Gasteiger partial charge in [0.25, 0.3) is 0 Å². The number of carbonyl (C=O) groups excluding carboxylic acids is 1. The molecule has 22 heteroatoms. The standard InChI is InChI=1S/C42H48O22/c1-57-24-10-16(2-8-19(24)44)3-9-28(48)58-15-27-33(51)36(54)40(64-41-37(55)31(49)22(47)14-59-41)39(62-27)30-21(46)12-25-29(34(30)52)20(45)11-23(61-25)17-4-6-18(7-5-17)60-42-38(56)35(53)32(50)26(13-43)63-42/h2,4-8,10-12,22,26-27,31-33,35-44,46-47,49-56H,3,9,13-15H2,1H3/t22-,26+,27-,31+,32-,33+,35+,36-,37-,38+,39-,40+,41+,42-/m0/s1. The molecule has 3 aliphatic heterocycles. The van der Waals surface area contributed by atoms with E-state index in [0.29, 0.717) is 5.56 Å². The van der Waals surface area contributed by atoms with Gasteiger partial charge in [0.15, 0.2) is 23.2 Å². The van der Waals surface area contributed by atoms with Gasteiger partial charge in [-0.15, -0.1) is 0 Å². The molecule has 14 atom stereocenters. The highest BCUT2D eigenvalue weighted by Crippen LogP contribution is 2.46. The molecule has 0 radical (unpaired) electrons. The van der Waals surface area contributed by atoms with Gasteiger partial charge < -0.3 is 98.9 Å². The van der Waals surface area contributed by atoms with Crippen molar-refractivity contribution in [1.29, 1.82) is 0 Å². The van der Waals surface area contributed by atoms with E-state index in [2.05, 4.69) is 0 Å². The number of hydrogen-bond donors (Lipinski definition) is 12. The summed E-state index contributed by atoms with van der Waals surface area (Å²) in [6.07, 6.45) is -23.7. The number of phenolic OH excluding ortho intramolecular Hbond substituents is 3. The van der Waals surface area contributed by atoms with Crippen LogP contribution in [0.3, 0.4) is 0 Å². The second kappa shape index (κ2) is 19.5. The largest absolute Gasteiger partial charge is 0.507 e. The fraction of sp³-hybridized carbons (Fsp3) is 0.476. The van der Waals surface area contributed by atoms with Crippen molar-refractivity contribution in [1.82, 2.24) is 0 Å². The second-order valence-electron chi connectivity index (χ2n) is 15.5. The number of benzene rings is 3. The maximum atomic E-state index is 13.7. The van der Waals surface area contributed by atoms with Crippen LogP contribution in [0, 0.1) is 0 Å². The lowest BCUT2D eigenvalue weighted by molar-refractivity contribution is -0.325. The lowest BCUT2D eigenvalue weighted by atomic mass is 9.89. The summed E-state index contributed by atoms with van der Waals surface area (Å²) in [5, 5.41) is 126. The van der Waals surface area contributed by atoms with Crippen LogP contribution in [0.5, 0.6) is 28.7 Å². The van der Waals surface area contributed by atoms with Gasteiger partial charge in [-0.2, -0.15) is 0 Å². The lowest BCUT2D eigenvalue weighted by Crippen LogP contribution is -2.60. The van der Waals surface area contributed by atoms with Crippen LogP contribution < -0.4 is 14.9 Å². The number of phenols is 3. The zero-order valence-electron chi connectivity index (χ0n) is 33.8. The molecular weight excluding hydrogens is 856 g/mol. The third-order valence-electron chi connectivity index (χ3n) is 11.2. The van der Waals surface area contributed by atoms with Gasteiger partial charge in [0.1, 0.15) is 114 Å². The molecule has 3 saturated heterocycles. The predicted molar refractivity (Wildman–Crippen MR) is 212 cm³/mol. The summed E-state index contributed by atoms with van der Waals surface area (Å²) in [6, 6.07) is 12.1. The zero-order chi connectivity index (χ0) is 46.1. The molecule has 3 aromatic carbocycles. The Morgan fingerprint density at radius 1 is 0.766 bits per heavy atom. The van der Waals surface area contributed by atoms with E-state index < -0.39 is 139 Å². The van der Waals surface area contributed by atoms with Crippen molar-refractivity contribution in [3.05, 3.63) is 75.9 Å². The first-order valence-corrected chi connectivity index (χ1v) is 20.0. The average Bonchev–Trinajstić information content (AvgIpc) is 3.27. The predicted octanol–water partition coefficient (Wildman–Crippen LogP) is -2.07. The Morgan fingerprint density at radius 3 is 2.17 bits per heavy atom. The highest BCUT2D eigenvalue weighted by molar-refractivity contribution is 5.88. The lowest BCUT2D eigenvalue weighted by Gasteiger charge is -2.45. The number of aryl methyl sites for hydroxylation is 1. The Bertz CT molecular complexity index is 2320. The van der Waals surface area contributed by atoms with Crippen molar-refractivity contribution < 1.29 is 104 Å². The minimum atomic E-state index is -2.01. The molecule has 0 unspecified atom stereocenters. The first-order valence-electron chi connectivity index (χ1n) is 20.0. The van der Waals surface area contributed by atoms with Crippen molar-refractivity contribution >= 4 is 16.9 Å². The summed E-state index contributed by atoms with van der Waals surface area (Å²) in [5.74, 6) is -2.33. The molecule has 12 N–H and O–H groups in total. The van der Waals surface area contributed by atoms with Crippen molar-refractivity contribution in [2.24, 2.45) is 0 Å². The van der Waals surface area contributed by atoms with E-state index in [1.807, 2.05) is 0 Å². The van der Waals surface area contributed by atoms with Gasteiger partial charge in [0, 0.05) is 24.1 Å². The molecule has 3 aliphatic rings. The molecule has 3 fully saturated rings. The van der Waals surface area contributed by atoms with Crippen LogP contribution in [0.1, 0.15) is 23.7 Å². The SMILES string of the molecule is COc1cc(CCC(=O)OC[C@@H]2O[C@@H](c3c(O)cc4oc(-c5ccc(O[C@H]6O[C@H](CO)[C@H](O)[C@@H](O)[C@H]6O)cc5)cc(=O)c4c3O)[C@H](O[C@H]3OC[C@H](O)[C@@H](O)[C@@H]3O)[C@@H](O)[C@@H]2O)ccc1O. The fourth-order valence-electron chi connectivity index (χ4n) is 7.61. The smallest absolute Gasteiger partial charge is 0.306 e. The fourth-order valence-corrected chi connectivity index (χ4v) is 7.61. The van der Waals surface area contributed by atoms with E-state index in [-0.39, 0.29) is 47.0 Å². The van der Waals surface area contributed by atoms with Crippen LogP contribution in [0.4, 0.5) is 0 Å². The summed E-state index contributed by atoms with van der Waals surface area (Å²) in [4.78, 5) is 26.6. The molecule has 0 bridgehead atoms. The monoisotopic (exact) mass is 904 g/mol. The Kier molecular flexibility index (Phi) is 14.3. The van der Waals surface area contributed by atoms with E-state index in [1.54, 1.807) is 6.07 Å². The summed E-state index contributed by atoms with van der Waals surface area (Å²) in [5.41, 5.74) is -0.844. The first kappa shape index (κ1) is 46.8. The number of fused-ring (bicyclic) bond motifs is 1. The topological polar surface area (TPSA) is 355 Å². The van der Waals surface area contributed by atoms with E-state index in [0.717, 1.165) is 12.1 Å². The van der Waals surface area contributed by atoms with Crippen LogP contribution in [0.15, 0.2) is 63.8 Å². The normalized spacial score (nSPS) is 32.0. The van der Waals surface area contributed by atoms with Gasteiger partial charge in [-0.3, -0.25) is 9.59 Å². The van der Waals surface area contributed by atoms with Crippen LogP contribution >= 0.6 is 0 Å². The molecule has 0 spiro atoms. The number of methoxy groups -OCH3 is 1. The van der Waals surface area contributed by atoms with Gasteiger partial charge >= 0.3 is 5.97 Å². The third kappa shape index (κ3) is 9.46. The van der Waals surface area contributed by atoms with E-state index in [9.17, 15) is 70.9 Å². The van der Waals surface area contributed by atoms with Gasteiger partial charge in [0.05, 0.1) is 25.9 Å². The van der Waals surface area contributed by atoms with Gasteiger partial charge in [-0.05, 0) is 48.4 Å². The maximum absolute atomic E-state index is 13.7. The molecule has 22 nitrogen and oxygen atoms in total. The number of aliphatic hydroxyl groups is 9. The van der Waals surface area contributed by atoms with Crippen molar-refractivity contribution in [3.8, 4) is 40.1 Å². The number of hydrogen-bond acceptors (Lipinski definition) is 22. The van der Waals surface area contributed by atoms with Crippen LogP contribution in [-0.4, -0.2) is 174 Å².